The van der Waals surface area contributed by atoms with E-state index >= 15 is 0 Å². The van der Waals surface area contributed by atoms with Crippen molar-refractivity contribution >= 4 is 41.9 Å². The Bertz CT molecular complexity index is 1160. The number of hydrogen-bond acceptors (Lipinski definition) is 4. The average Bonchev–Trinajstić information content (AvgIpc) is 3.54. The molecule has 3 atom stereocenters. The Kier molecular flexibility index (Phi) is 4.04. The van der Waals surface area contributed by atoms with Crippen LogP contribution in [-0.2, 0) is 4.74 Å². The van der Waals surface area contributed by atoms with Crippen LogP contribution < -0.4 is 10.6 Å². The largest absolute Gasteiger partial charge is 0.371 e. The Morgan fingerprint density at radius 2 is 1.67 bits per heavy atom. The molecular formula is C22H20N3OP. The molecule has 1 N–H and O–H groups in total. The van der Waals surface area contributed by atoms with E-state index in [9.17, 15) is 0 Å². The lowest BCUT2D eigenvalue weighted by Gasteiger charge is -2.16. The van der Waals surface area contributed by atoms with Gasteiger partial charge < -0.3 is 10.1 Å². The number of rotatable bonds is 4. The van der Waals surface area contributed by atoms with Crippen LogP contribution in [0.4, 0.5) is 5.82 Å². The molecule has 1 aliphatic heterocycles. The molecule has 1 aromatic heterocycles. The van der Waals surface area contributed by atoms with Crippen molar-refractivity contribution in [2.45, 2.75) is 19.1 Å². The van der Waals surface area contributed by atoms with Crippen LogP contribution in [0.15, 0.2) is 60.7 Å². The van der Waals surface area contributed by atoms with Crippen molar-refractivity contribution < 1.29 is 4.74 Å². The first-order valence-electron chi connectivity index (χ1n) is 9.13. The zero-order valence-electron chi connectivity index (χ0n) is 15.0. The van der Waals surface area contributed by atoms with Crippen molar-refractivity contribution in [1.82, 2.24) is 10.2 Å². The maximum Gasteiger partial charge on any atom is 0.156 e. The molecule has 5 rings (SSSR count). The molecule has 5 heteroatoms. The molecule has 134 valence electrons. The highest BCUT2D eigenvalue weighted by atomic mass is 31.0. The van der Waals surface area contributed by atoms with Crippen molar-refractivity contribution in [2.75, 3.05) is 11.9 Å². The molecule has 0 spiro atoms. The van der Waals surface area contributed by atoms with Gasteiger partial charge in [0.2, 0.25) is 0 Å². The van der Waals surface area contributed by atoms with E-state index in [-0.39, 0.29) is 12.1 Å². The fraction of sp³-hybridized carbons (Fsp3) is 0.182. The number of hydrogen-bond donors (Lipinski definition) is 1. The van der Waals surface area contributed by atoms with Crippen molar-refractivity contribution in [1.29, 1.82) is 0 Å². The highest BCUT2D eigenvalue weighted by Gasteiger charge is 2.30. The van der Waals surface area contributed by atoms with Crippen LogP contribution in [0.1, 0.15) is 6.92 Å². The van der Waals surface area contributed by atoms with Gasteiger partial charge in [-0.1, -0.05) is 60.7 Å². The van der Waals surface area contributed by atoms with Crippen molar-refractivity contribution in [3.63, 3.8) is 0 Å². The summed E-state index contributed by atoms with van der Waals surface area (Å²) in [7, 11) is 2.84. The lowest BCUT2D eigenvalue weighted by atomic mass is 9.98. The standard InChI is InChI=1S/C22H20N3OP/c1-13(18-12-26-18)23-22-17-9-5-4-8-16(17)21(24-25-22)20-15-7-3-2-6-14(15)10-11-19(20)27/h2-11,13,18H,12,27H2,1H3,(H,23,25)/t13-,18?/m1/s1. The van der Waals surface area contributed by atoms with Gasteiger partial charge in [0, 0.05) is 16.3 Å². The van der Waals surface area contributed by atoms with Crippen LogP contribution in [0.2, 0.25) is 0 Å². The van der Waals surface area contributed by atoms with Gasteiger partial charge in [0.1, 0.15) is 11.8 Å². The van der Waals surface area contributed by atoms with Gasteiger partial charge in [-0.05, 0) is 23.0 Å². The summed E-state index contributed by atoms with van der Waals surface area (Å²) in [5.74, 6) is 0.808. The predicted molar refractivity (Wildman–Crippen MR) is 115 cm³/mol. The van der Waals surface area contributed by atoms with E-state index in [1.165, 1.54) is 10.8 Å². The number of fused-ring (bicyclic) bond motifs is 2. The molecule has 1 fully saturated rings. The van der Waals surface area contributed by atoms with Gasteiger partial charge in [0.15, 0.2) is 5.82 Å². The molecule has 0 radical (unpaired) electrons. The number of ether oxygens (including phenoxy) is 1. The fourth-order valence-electron chi connectivity index (χ4n) is 3.60. The molecule has 0 bridgehead atoms. The van der Waals surface area contributed by atoms with Crippen LogP contribution in [0.25, 0.3) is 32.8 Å². The Balaban J connectivity index is 1.72. The third-order valence-electron chi connectivity index (χ3n) is 5.17. The van der Waals surface area contributed by atoms with Gasteiger partial charge in [-0.2, -0.15) is 0 Å². The molecule has 2 unspecified atom stereocenters. The topological polar surface area (TPSA) is 50.3 Å². The van der Waals surface area contributed by atoms with Crippen LogP contribution in [0, 0.1) is 0 Å². The molecule has 4 nitrogen and oxygen atoms in total. The van der Waals surface area contributed by atoms with E-state index in [0.29, 0.717) is 0 Å². The molecule has 0 aliphatic carbocycles. The summed E-state index contributed by atoms with van der Waals surface area (Å²) in [6.45, 7) is 2.93. The molecule has 1 aliphatic rings. The minimum Gasteiger partial charge on any atom is -0.371 e. The number of nitrogens with one attached hydrogen (secondary N) is 1. The first kappa shape index (κ1) is 16.6. The van der Waals surface area contributed by atoms with Crippen LogP contribution in [0.3, 0.4) is 0 Å². The molecule has 4 aromatic rings. The lowest BCUT2D eigenvalue weighted by molar-refractivity contribution is 0.389. The number of epoxide rings is 1. The Morgan fingerprint density at radius 3 is 2.44 bits per heavy atom. The molecule has 27 heavy (non-hydrogen) atoms. The SMILES string of the molecule is C[C@@H](Nc1nnc(-c2c(P)ccc3ccccc23)c2ccccc12)C1CO1. The summed E-state index contributed by atoms with van der Waals surface area (Å²) in [4.78, 5) is 0. The third-order valence-corrected chi connectivity index (χ3v) is 5.65. The Morgan fingerprint density at radius 1 is 0.963 bits per heavy atom. The van der Waals surface area contributed by atoms with E-state index < -0.39 is 0 Å². The highest BCUT2D eigenvalue weighted by molar-refractivity contribution is 7.28. The number of nitrogens with zero attached hydrogens (tertiary/aromatic N) is 2. The molecular weight excluding hydrogens is 353 g/mol. The number of anilines is 1. The molecule has 0 saturated carbocycles. The zero-order chi connectivity index (χ0) is 18.4. The van der Waals surface area contributed by atoms with Crippen molar-refractivity contribution in [3.05, 3.63) is 60.7 Å². The maximum absolute atomic E-state index is 5.40. The number of benzene rings is 3. The summed E-state index contributed by atoms with van der Waals surface area (Å²) in [5.41, 5.74) is 2.03. The summed E-state index contributed by atoms with van der Waals surface area (Å²) in [6.07, 6.45) is 0.266. The van der Waals surface area contributed by atoms with Crippen molar-refractivity contribution in [3.8, 4) is 11.3 Å². The first-order chi connectivity index (χ1) is 13.2. The van der Waals surface area contributed by atoms with E-state index in [1.807, 2.05) is 6.07 Å². The third kappa shape index (κ3) is 2.95. The van der Waals surface area contributed by atoms with Crippen molar-refractivity contribution in [2.24, 2.45) is 0 Å². The number of aromatic nitrogens is 2. The minimum absolute atomic E-state index is 0.211. The van der Waals surface area contributed by atoms with Gasteiger partial charge in [-0.25, -0.2) is 0 Å². The van der Waals surface area contributed by atoms with Gasteiger partial charge in [-0.15, -0.1) is 19.4 Å². The molecule has 2 heterocycles. The monoisotopic (exact) mass is 373 g/mol. The maximum atomic E-state index is 5.40. The first-order valence-corrected chi connectivity index (χ1v) is 9.71. The summed E-state index contributed by atoms with van der Waals surface area (Å²) in [5, 5.41) is 18.4. The second-order valence-electron chi connectivity index (χ2n) is 7.00. The molecule has 0 amide bonds. The zero-order valence-corrected chi connectivity index (χ0v) is 16.2. The van der Waals surface area contributed by atoms with E-state index in [0.717, 1.165) is 39.8 Å². The molecule has 3 aromatic carbocycles. The highest BCUT2D eigenvalue weighted by Crippen LogP contribution is 2.34. The lowest BCUT2D eigenvalue weighted by Crippen LogP contribution is -2.22. The second-order valence-corrected chi connectivity index (χ2v) is 7.62. The van der Waals surface area contributed by atoms with Gasteiger partial charge >= 0.3 is 0 Å². The van der Waals surface area contributed by atoms with Crippen LogP contribution in [-0.4, -0.2) is 29.0 Å². The van der Waals surface area contributed by atoms with E-state index in [1.54, 1.807) is 0 Å². The summed E-state index contributed by atoms with van der Waals surface area (Å²) in [6, 6.07) is 21.2. The Labute approximate surface area is 160 Å². The van der Waals surface area contributed by atoms with E-state index in [4.69, 9.17) is 4.74 Å². The fourth-order valence-corrected chi connectivity index (χ4v) is 3.99. The minimum atomic E-state index is 0.211. The Hall–Kier alpha value is -2.55. The van der Waals surface area contributed by atoms with Gasteiger partial charge in [0.05, 0.1) is 12.6 Å². The van der Waals surface area contributed by atoms with E-state index in [2.05, 4.69) is 86.3 Å². The van der Waals surface area contributed by atoms with Gasteiger partial charge in [0.25, 0.3) is 0 Å². The predicted octanol–water partition coefficient (Wildman–Crippen LogP) is 4.15. The molecule has 1 saturated heterocycles. The van der Waals surface area contributed by atoms with Gasteiger partial charge in [-0.3, -0.25) is 0 Å². The van der Waals surface area contributed by atoms with Crippen LogP contribution in [0.5, 0.6) is 0 Å². The normalized spacial score (nSPS) is 17.2. The average molecular weight is 373 g/mol. The summed E-state index contributed by atoms with van der Waals surface area (Å²) < 4.78 is 5.40. The van der Waals surface area contributed by atoms with Crippen LogP contribution >= 0.6 is 9.24 Å². The smallest absolute Gasteiger partial charge is 0.156 e. The quantitative estimate of drug-likeness (QED) is 0.431. The second kappa shape index (κ2) is 6.56. The summed E-state index contributed by atoms with van der Waals surface area (Å²) >= 11 is 0.